The van der Waals surface area contributed by atoms with Gasteiger partial charge in [0, 0.05) is 16.2 Å². The van der Waals surface area contributed by atoms with E-state index in [1.807, 2.05) is 0 Å². The van der Waals surface area contributed by atoms with Crippen molar-refractivity contribution in [2.45, 2.75) is 0 Å². The van der Waals surface area contributed by atoms with Crippen LogP contribution in [-0.4, -0.2) is 0 Å². The van der Waals surface area contributed by atoms with E-state index in [-0.39, 0.29) is 0 Å². The van der Waals surface area contributed by atoms with Crippen molar-refractivity contribution in [3.8, 4) is 33.4 Å². The molecule has 11 aromatic rings. The molecule has 0 aliphatic carbocycles. The van der Waals surface area contributed by atoms with Gasteiger partial charge in [-0.05, 0) is 93.9 Å². The molecule has 0 saturated carbocycles. The molecular formula is C50H30O. The van der Waals surface area contributed by atoms with Crippen molar-refractivity contribution in [2.24, 2.45) is 0 Å². The maximum Gasteiger partial charge on any atom is 0.143 e. The fourth-order valence-electron chi connectivity index (χ4n) is 6.59. The molecule has 0 fully saturated rings. The summed E-state index contributed by atoms with van der Waals surface area (Å²) in [5.74, 6) is 0. The van der Waals surface area contributed by atoms with Crippen LogP contribution in [0.25, 0.3) is 109 Å². The molecule has 0 radical (unpaired) electrons. The number of furan rings is 1. The van der Waals surface area contributed by atoms with E-state index in [1.54, 1.807) is 0 Å². The van der Waals surface area contributed by atoms with Gasteiger partial charge in [0.1, 0.15) is 11.2 Å². The minimum absolute atomic E-state index is 0.470. The third-order valence-corrected chi connectivity index (χ3v) is 8.69. The summed E-state index contributed by atoms with van der Waals surface area (Å²) in [6.45, 7) is 0. The molecule has 1 aromatic heterocycles. The highest BCUT2D eigenvalue weighted by Crippen LogP contribution is 2.48. The zero-order valence-electron chi connectivity index (χ0n) is 55.4. The van der Waals surface area contributed by atoms with Crippen molar-refractivity contribution in [1.82, 2.24) is 0 Å². The maximum atomic E-state index is 9.71. The molecule has 1 nitrogen and oxygen atoms in total. The summed E-state index contributed by atoms with van der Waals surface area (Å²) in [6.07, 6.45) is 0. The quantitative estimate of drug-likeness (QED) is 0.170. The van der Waals surface area contributed by atoms with Gasteiger partial charge in [0.2, 0.25) is 0 Å². The van der Waals surface area contributed by atoms with Gasteiger partial charge < -0.3 is 4.42 Å². The van der Waals surface area contributed by atoms with Crippen LogP contribution >= 0.6 is 0 Å². The predicted molar refractivity (Wildman–Crippen MR) is 218 cm³/mol. The zero-order chi connectivity index (χ0) is 59.6. The smallest absolute Gasteiger partial charge is 0.143 e. The van der Waals surface area contributed by atoms with E-state index in [0.717, 1.165) is 0 Å². The second-order valence-corrected chi connectivity index (χ2v) is 11.3. The summed E-state index contributed by atoms with van der Waals surface area (Å²) < 4.78 is 280. The highest BCUT2D eigenvalue weighted by molar-refractivity contribution is 6.26. The van der Waals surface area contributed by atoms with Crippen LogP contribution in [0.1, 0.15) is 41.1 Å². The minimum Gasteiger partial charge on any atom is -0.455 e. The minimum atomic E-state index is -1.12. The highest BCUT2D eigenvalue weighted by Gasteiger charge is 2.21. The molecule has 11 rings (SSSR count). The van der Waals surface area contributed by atoms with E-state index < -0.39 is 290 Å². The van der Waals surface area contributed by atoms with Gasteiger partial charge in [-0.2, -0.15) is 0 Å². The Morgan fingerprint density at radius 3 is 1.39 bits per heavy atom. The van der Waals surface area contributed by atoms with Gasteiger partial charge in [-0.25, -0.2) is 0 Å². The van der Waals surface area contributed by atoms with Gasteiger partial charge in [-0.15, -0.1) is 0 Å². The summed E-state index contributed by atoms with van der Waals surface area (Å²) in [4.78, 5) is 0. The van der Waals surface area contributed by atoms with E-state index in [0.29, 0.717) is 0 Å². The van der Waals surface area contributed by atoms with Crippen LogP contribution in [0.2, 0.25) is 0 Å². The Kier molecular flexibility index (Phi) is 2.50. The lowest BCUT2D eigenvalue weighted by atomic mass is 9.83. The molecule has 0 spiro atoms. The van der Waals surface area contributed by atoms with E-state index in [4.69, 9.17) is 27.7 Å². The first-order valence-electron chi connectivity index (χ1n) is 30.2. The predicted octanol–water partition coefficient (Wildman–Crippen LogP) is 14.4. The molecule has 0 aliphatic rings. The molecule has 51 heavy (non-hydrogen) atoms. The van der Waals surface area contributed by atoms with Crippen LogP contribution < -0.4 is 0 Å². The fourth-order valence-corrected chi connectivity index (χ4v) is 6.59. The van der Waals surface area contributed by atoms with Gasteiger partial charge in [0.15, 0.2) is 0 Å². The summed E-state index contributed by atoms with van der Waals surface area (Å²) in [5, 5.41) is -8.21. The van der Waals surface area contributed by atoms with Gasteiger partial charge in [0.25, 0.3) is 0 Å². The fraction of sp³-hybridized carbons (Fsp3) is 0. The first-order valence-corrected chi connectivity index (χ1v) is 15.2. The monoisotopic (exact) mass is 676 g/mol. The van der Waals surface area contributed by atoms with Gasteiger partial charge in [-0.1, -0.05) is 169 Å². The molecule has 10 aromatic carbocycles. The molecule has 1 heterocycles. The number of hydrogen-bond acceptors (Lipinski definition) is 1. The lowest BCUT2D eigenvalue weighted by Gasteiger charge is -2.20. The van der Waals surface area contributed by atoms with Crippen molar-refractivity contribution in [3.05, 3.63) is 181 Å². The Morgan fingerprint density at radius 2 is 0.725 bits per heavy atom. The molecule has 0 atom stereocenters. The molecular weight excluding hydrogens is 617 g/mol. The Balaban J connectivity index is 1.46. The van der Waals surface area contributed by atoms with Crippen LogP contribution in [0.5, 0.6) is 0 Å². The molecule has 0 bridgehead atoms. The average molecular weight is 677 g/mol. The van der Waals surface area contributed by atoms with Crippen LogP contribution in [0.4, 0.5) is 0 Å². The molecule has 1 heteroatoms. The summed E-state index contributed by atoms with van der Waals surface area (Å²) >= 11 is 0. The maximum absolute atomic E-state index is 9.71. The summed E-state index contributed by atoms with van der Waals surface area (Å²) in [6, 6.07) is -28.9. The third-order valence-electron chi connectivity index (χ3n) is 8.69. The van der Waals surface area contributed by atoms with Crippen LogP contribution in [-0.2, 0) is 0 Å². The van der Waals surface area contributed by atoms with Crippen molar-refractivity contribution < 1.29 is 45.5 Å². The van der Waals surface area contributed by atoms with Crippen molar-refractivity contribution >= 4 is 75.8 Å². The standard InChI is InChI=1S/C50H30O/c1-3-16-33-31(13-1)15-9-25-38(33)47-41-18-5-7-20-43(41)48(44-21-8-6-19-42(44)47)39-26-11-22-35-36(39)23-10-24-37(35)40-27-12-28-46-49(40)45-30-29-32-14-2-4-17-34(32)50(45)51-46/h1-30H/i1D,2D,3D,4D,5D,6D,7D,8D,9D,10D,11D,12D,13D,14D,15D,16D,17D,18D,19D,20D,21D,22D,23D,24D,25D,26D,27D,28D,29D,30D. The molecule has 0 amide bonds. The number of benzene rings is 10. The summed E-state index contributed by atoms with van der Waals surface area (Å²) in [5.41, 5.74) is -5.95. The molecule has 0 saturated heterocycles. The highest BCUT2D eigenvalue weighted by atomic mass is 16.3. The molecule has 236 valence electrons. The van der Waals surface area contributed by atoms with E-state index in [9.17, 15) is 17.8 Å². The number of rotatable bonds is 3. The van der Waals surface area contributed by atoms with E-state index in [1.165, 1.54) is 0 Å². The van der Waals surface area contributed by atoms with Gasteiger partial charge in [0.05, 0.1) is 41.1 Å². The van der Waals surface area contributed by atoms with Crippen molar-refractivity contribution in [1.29, 1.82) is 0 Å². The molecule has 0 aliphatic heterocycles. The number of fused-ring (bicyclic) bond motifs is 9. The Bertz CT molecular complexity index is 4840. The topological polar surface area (TPSA) is 13.1 Å². The van der Waals surface area contributed by atoms with E-state index >= 15 is 0 Å². The lowest BCUT2D eigenvalue weighted by molar-refractivity contribution is 0.673. The second kappa shape index (κ2) is 10.9. The van der Waals surface area contributed by atoms with Crippen LogP contribution in [0, 0.1) is 0 Å². The Labute approximate surface area is 336 Å². The Hall–Kier alpha value is -6.70. The van der Waals surface area contributed by atoms with Gasteiger partial charge in [-0.3, -0.25) is 0 Å². The molecule has 0 unspecified atom stereocenters. The van der Waals surface area contributed by atoms with Crippen LogP contribution in [0.3, 0.4) is 0 Å². The summed E-state index contributed by atoms with van der Waals surface area (Å²) in [7, 11) is 0. The average Bonchev–Trinajstić information content (AvgIpc) is 3.10. The zero-order valence-corrected chi connectivity index (χ0v) is 25.4. The lowest BCUT2D eigenvalue weighted by Crippen LogP contribution is -1.92. The SMILES string of the molecule is [2H]c1c([2H])c(-c2c([2H])c([2H])c([2H])c3c(-c4c5c([2H])c([2H])c([2H])c([2H])c5c(-c5c([2H])c([2H])c([2H])c6c([2H])c([2H])c([2H])c([2H])c56)c5c([2H])c([2H])c([2H])c([2H])c45)c([2H])c([2H])c([2H])c23)c2c(oc3c4c([2H])c([2H])c([2H])c([2H])c4c([2H])c([2H])c32)c1[2H]. The normalized spacial score (nSPS) is 20.2. The van der Waals surface area contributed by atoms with Crippen molar-refractivity contribution in [2.75, 3.05) is 0 Å². The van der Waals surface area contributed by atoms with Gasteiger partial charge >= 0.3 is 0 Å². The Morgan fingerprint density at radius 1 is 0.294 bits per heavy atom. The molecule has 0 N–H and O–H groups in total. The van der Waals surface area contributed by atoms with E-state index in [2.05, 4.69) is 0 Å². The van der Waals surface area contributed by atoms with Crippen LogP contribution in [0.15, 0.2) is 186 Å². The first kappa shape index (κ1) is 11.7. The number of hydrogen-bond donors (Lipinski definition) is 0. The first-order chi connectivity index (χ1) is 37.8. The third kappa shape index (κ3) is 4.09. The largest absolute Gasteiger partial charge is 0.455 e. The second-order valence-electron chi connectivity index (χ2n) is 11.3. The van der Waals surface area contributed by atoms with Crippen molar-refractivity contribution in [3.63, 3.8) is 0 Å².